The number of carbonyl (C=O) groups excluding carboxylic acids is 1. The van der Waals surface area contributed by atoms with Gasteiger partial charge in [0.25, 0.3) is 0 Å². The van der Waals surface area contributed by atoms with E-state index in [1.54, 1.807) is 12.1 Å². The zero-order valence-electron chi connectivity index (χ0n) is 14.4. The molecule has 1 aliphatic carbocycles. The molecular weight excluding hydrogens is 302 g/mol. The van der Waals surface area contributed by atoms with Crippen LogP contribution >= 0.6 is 0 Å². The van der Waals surface area contributed by atoms with Crippen LogP contribution in [0, 0.1) is 0 Å². The molecule has 1 aromatic rings. The van der Waals surface area contributed by atoms with Gasteiger partial charge in [0, 0.05) is 32.2 Å². The fourth-order valence-corrected chi connectivity index (χ4v) is 4.00. The monoisotopic (exact) mass is 331 g/mol. The Labute approximate surface area is 144 Å². The predicted octanol–water partition coefficient (Wildman–Crippen LogP) is 1.74. The van der Waals surface area contributed by atoms with Crippen LogP contribution in [-0.2, 0) is 11.2 Å². The number of benzene rings is 1. The number of phenolic OH excluding ortho intramolecular Hbond substituents is 1. The summed E-state index contributed by atoms with van der Waals surface area (Å²) in [6.07, 6.45) is 6.88. The van der Waals surface area contributed by atoms with Gasteiger partial charge in [0.2, 0.25) is 5.91 Å². The Morgan fingerprint density at radius 3 is 2.50 bits per heavy atom. The summed E-state index contributed by atoms with van der Waals surface area (Å²) in [6, 6.07) is 7.15. The summed E-state index contributed by atoms with van der Waals surface area (Å²) in [5.74, 6) is 0.287. The van der Waals surface area contributed by atoms with E-state index in [4.69, 9.17) is 5.73 Å². The van der Waals surface area contributed by atoms with Crippen LogP contribution in [0.1, 0.15) is 37.7 Å². The van der Waals surface area contributed by atoms with E-state index in [2.05, 4.69) is 4.90 Å². The number of aromatic hydroxyl groups is 1. The van der Waals surface area contributed by atoms with Crippen molar-refractivity contribution < 1.29 is 9.90 Å². The first-order valence-corrected chi connectivity index (χ1v) is 9.20. The van der Waals surface area contributed by atoms with Gasteiger partial charge in [-0.15, -0.1) is 0 Å². The first-order chi connectivity index (χ1) is 11.6. The standard InChI is InChI=1S/C19H29N3O2/c20-18(14-15-6-8-17(23)9-7-15)19(24)22-11-3-10-21(12-13-22)16-4-1-2-5-16/h6-9,16,18,23H,1-5,10-14,20H2/t18-/m0/s1. The predicted molar refractivity (Wildman–Crippen MR) is 94.8 cm³/mol. The number of amides is 1. The van der Waals surface area contributed by atoms with Crippen LogP contribution in [0.15, 0.2) is 24.3 Å². The zero-order valence-corrected chi connectivity index (χ0v) is 14.4. The highest BCUT2D eigenvalue weighted by Gasteiger charge is 2.27. The van der Waals surface area contributed by atoms with Gasteiger partial charge < -0.3 is 15.7 Å². The van der Waals surface area contributed by atoms with Crippen LogP contribution in [0.25, 0.3) is 0 Å². The van der Waals surface area contributed by atoms with Crippen LogP contribution in [-0.4, -0.2) is 59.1 Å². The molecule has 0 spiro atoms. The molecule has 1 saturated heterocycles. The highest BCUT2D eigenvalue weighted by Crippen LogP contribution is 2.24. The molecule has 5 heteroatoms. The SMILES string of the molecule is N[C@@H](Cc1ccc(O)cc1)C(=O)N1CCCN(C2CCCC2)CC1. The number of nitrogens with two attached hydrogens (primary N) is 1. The third-order valence-corrected chi connectivity index (χ3v) is 5.39. The van der Waals surface area contributed by atoms with Crippen molar-refractivity contribution in [2.45, 2.75) is 50.6 Å². The largest absolute Gasteiger partial charge is 0.508 e. The number of hydrogen-bond acceptors (Lipinski definition) is 4. The normalized spacial score (nSPS) is 21.6. The van der Waals surface area contributed by atoms with Gasteiger partial charge >= 0.3 is 0 Å². The number of hydrogen-bond donors (Lipinski definition) is 2. The molecule has 0 unspecified atom stereocenters. The molecule has 0 aromatic heterocycles. The first kappa shape index (κ1) is 17.2. The van der Waals surface area contributed by atoms with Crippen LogP contribution < -0.4 is 5.73 Å². The summed E-state index contributed by atoms with van der Waals surface area (Å²) >= 11 is 0. The van der Waals surface area contributed by atoms with Crippen LogP contribution in [0.4, 0.5) is 0 Å². The lowest BCUT2D eigenvalue weighted by Gasteiger charge is -2.28. The summed E-state index contributed by atoms with van der Waals surface area (Å²) < 4.78 is 0. The lowest BCUT2D eigenvalue weighted by atomic mass is 10.1. The van der Waals surface area contributed by atoms with Gasteiger partial charge in [0.1, 0.15) is 5.75 Å². The molecule has 1 amide bonds. The Kier molecular flexibility index (Phi) is 5.74. The molecule has 5 nitrogen and oxygen atoms in total. The van der Waals surface area contributed by atoms with E-state index in [1.165, 1.54) is 25.7 Å². The molecule has 1 atom stereocenters. The molecule has 1 heterocycles. The summed E-state index contributed by atoms with van der Waals surface area (Å²) in [5, 5.41) is 9.34. The minimum atomic E-state index is -0.507. The van der Waals surface area contributed by atoms with Gasteiger partial charge in [0.05, 0.1) is 6.04 Å². The Bertz CT molecular complexity index is 540. The Hall–Kier alpha value is -1.59. The third-order valence-electron chi connectivity index (χ3n) is 5.39. The number of rotatable bonds is 4. The van der Waals surface area contributed by atoms with Gasteiger partial charge in [-0.3, -0.25) is 9.69 Å². The third kappa shape index (κ3) is 4.28. The van der Waals surface area contributed by atoms with Crippen molar-refractivity contribution >= 4 is 5.91 Å². The first-order valence-electron chi connectivity index (χ1n) is 9.20. The highest BCUT2D eigenvalue weighted by molar-refractivity contribution is 5.82. The number of phenols is 1. The maximum atomic E-state index is 12.7. The summed E-state index contributed by atoms with van der Waals surface area (Å²) in [7, 11) is 0. The molecule has 1 aliphatic heterocycles. The van der Waals surface area contributed by atoms with Gasteiger partial charge in [-0.05, 0) is 43.4 Å². The Morgan fingerprint density at radius 2 is 1.79 bits per heavy atom. The van der Waals surface area contributed by atoms with E-state index in [1.807, 2.05) is 17.0 Å². The second-order valence-electron chi connectivity index (χ2n) is 7.13. The van der Waals surface area contributed by atoms with Crippen molar-refractivity contribution in [1.82, 2.24) is 9.80 Å². The Morgan fingerprint density at radius 1 is 1.08 bits per heavy atom. The molecule has 3 rings (SSSR count). The molecule has 0 radical (unpaired) electrons. The summed E-state index contributed by atoms with van der Waals surface area (Å²) in [4.78, 5) is 17.2. The maximum absolute atomic E-state index is 12.7. The molecule has 1 aromatic carbocycles. The average Bonchev–Trinajstić information content (AvgIpc) is 3.01. The van der Waals surface area contributed by atoms with E-state index in [9.17, 15) is 9.90 Å². The zero-order chi connectivity index (χ0) is 16.9. The van der Waals surface area contributed by atoms with Crippen molar-refractivity contribution in [3.63, 3.8) is 0 Å². The van der Waals surface area contributed by atoms with E-state index in [0.29, 0.717) is 6.42 Å². The molecule has 0 bridgehead atoms. The second-order valence-corrected chi connectivity index (χ2v) is 7.13. The fourth-order valence-electron chi connectivity index (χ4n) is 4.00. The second kappa shape index (κ2) is 7.99. The molecule has 1 saturated carbocycles. The summed E-state index contributed by atoms with van der Waals surface area (Å²) in [6.45, 7) is 3.67. The van der Waals surface area contributed by atoms with Gasteiger partial charge in [-0.25, -0.2) is 0 Å². The van der Waals surface area contributed by atoms with Crippen LogP contribution in [0.5, 0.6) is 5.75 Å². The van der Waals surface area contributed by atoms with Crippen LogP contribution in [0.3, 0.4) is 0 Å². The van der Waals surface area contributed by atoms with E-state index >= 15 is 0 Å². The molecule has 3 N–H and O–H groups in total. The number of carbonyl (C=O) groups is 1. The highest BCUT2D eigenvalue weighted by atomic mass is 16.3. The number of nitrogens with zero attached hydrogens (tertiary/aromatic N) is 2. The smallest absolute Gasteiger partial charge is 0.239 e. The average molecular weight is 331 g/mol. The lowest BCUT2D eigenvalue weighted by molar-refractivity contribution is -0.132. The summed E-state index contributed by atoms with van der Waals surface area (Å²) in [5.41, 5.74) is 7.14. The minimum Gasteiger partial charge on any atom is -0.508 e. The quantitative estimate of drug-likeness (QED) is 0.882. The van der Waals surface area contributed by atoms with Gasteiger partial charge in [-0.1, -0.05) is 25.0 Å². The Balaban J connectivity index is 1.53. The van der Waals surface area contributed by atoms with Crippen molar-refractivity contribution in [2.75, 3.05) is 26.2 Å². The van der Waals surface area contributed by atoms with Gasteiger partial charge in [-0.2, -0.15) is 0 Å². The topological polar surface area (TPSA) is 69.8 Å². The molecule has 2 aliphatic rings. The maximum Gasteiger partial charge on any atom is 0.239 e. The fraction of sp³-hybridized carbons (Fsp3) is 0.632. The lowest BCUT2D eigenvalue weighted by Crippen LogP contribution is -2.46. The van der Waals surface area contributed by atoms with Crippen molar-refractivity contribution in [3.8, 4) is 5.75 Å². The van der Waals surface area contributed by atoms with Gasteiger partial charge in [0.15, 0.2) is 0 Å². The minimum absolute atomic E-state index is 0.0522. The molecule has 24 heavy (non-hydrogen) atoms. The molecule has 2 fully saturated rings. The van der Waals surface area contributed by atoms with E-state index in [-0.39, 0.29) is 11.7 Å². The van der Waals surface area contributed by atoms with E-state index < -0.39 is 6.04 Å². The van der Waals surface area contributed by atoms with Crippen molar-refractivity contribution in [1.29, 1.82) is 0 Å². The van der Waals surface area contributed by atoms with Crippen molar-refractivity contribution in [2.24, 2.45) is 5.73 Å². The molecular formula is C19H29N3O2. The van der Waals surface area contributed by atoms with Crippen molar-refractivity contribution in [3.05, 3.63) is 29.8 Å². The van der Waals surface area contributed by atoms with Crippen LogP contribution in [0.2, 0.25) is 0 Å². The van der Waals surface area contributed by atoms with E-state index in [0.717, 1.165) is 44.2 Å². The molecule has 132 valence electrons.